The van der Waals surface area contributed by atoms with Crippen molar-refractivity contribution < 1.29 is 4.74 Å². The third-order valence-corrected chi connectivity index (χ3v) is 3.58. The normalized spacial score (nSPS) is 17.9. The fraction of sp³-hybridized carbons (Fsp3) is 0.538. The number of aryl methyl sites for hydroxylation is 1. The minimum atomic E-state index is -0.0236. The Balaban J connectivity index is 2.15. The van der Waals surface area contributed by atoms with Crippen molar-refractivity contribution in [3.05, 3.63) is 28.8 Å². The van der Waals surface area contributed by atoms with Gasteiger partial charge in [-0.25, -0.2) is 0 Å². The van der Waals surface area contributed by atoms with Gasteiger partial charge in [0, 0.05) is 5.02 Å². The molecule has 0 amide bonds. The zero-order chi connectivity index (χ0) is 11.6. The number of hydrogen-bond donors (Lipinski definition) is 1. The standard InChI is InChI=1S/C13H18ClNO/c1-10-3-4-11(14)9-12(10)16-13(7-8-15)5-2-6-13/h3-4,9H,2,5-8,15H2,1H3. The van der Waals surface area contributed by atoms with Gasteiger partial charge >= 0.3 is 0 Å². The van der Waals surface area contributed by atoms with Crippen LogP contribution in [0.5, 0.6) is 5.75 Å². The molecule has 0 aliphatic heterocycles. The Labute approximate surface area is 102 Å². The predicted octanol–water partition coefficient (Wildman–Crippen LogP) is 3.30. The van der Waals surface area contributed by atoms with Gasteiger partial charge in [0.05, 0.1) is 0 Å². The number of rotatable bonds is 4. The monoisotopic (exact) mass is 239 g/mol. The molecule has 1 aromatic carbocycles. The molecule has 2 rings (SSSR count). The van der Waals surface area contributed by atoms with E-state index in [-0.39, 0.29) is 5.60 Å². The van der Waals surface area contributed by atoms with Crippen LogP contribution in [0.4, 0.5) is 0 Å². The number of benzene rings is 1. The first-order valence-electron chi connectivity index (χ1n) is 5.80. The highest BCUT2D eigenvalue weighted by molar-refractivity contribution is 6.30. The van der Waals surface area contributed by atoms with Gasteiger partial charge in [-0.2, -0.15) is 0 Å². The lowest BCUT2D eigenvalue weighted by molar-refractivity contribution is -0.0130. The Morgan fingerprint density at radius 1 is 1.44 bits per heavy atom. The number of nitrogens with two attached hydrogens (primary N) is 1. The van der Waals surface area contributed by atoms with Crippen molar-refractivity contribution in [2.24, 2.45) is 5.73 Å². The Morgan fingerprint density at radius 2 is 2.19 bits per heavy atom. The first-order valence-corrected chi connectivity index (χ1v) is 6.18. The van der Waals surface area contributed by atoms with E-state index in [9.17, 15) is 0 Å². The molecule has 88 valence electrons. The van der Waals surface area contributed by atoms with E-state index in [2.05, 4.69) is 0 Å². The summed E-state index contributed by atoms with van der Waals surface area (Å²) in [5, 5.41) is 0.725. The molecule has 1 fully saturated rings. The van der Waals surface area contributed by atoms with E-state index < -0.39 is 0 Å². The summed E-state index contributed by atoms with van der Waals surface area (Å²) in [6.07, 6.45) is 4.38. The van der Waals surface area contributed by atoms with Crippen LogP contribution in [0.1, 0.15) is 31.2 Å². The molecule has 1 aliphatic rings. The topological polar surface area (TPSA) is 35.2 Å². The van der Waals surface area contributed by atoms with Crippen LogP contribution in [-0.4, -0.2) is 12.1 Å². The molecule has 16 heavy (non-hydrogen) atoms. The van der Waals surface area contributed by atoms with E-state index in [0.29, 0.717) is 6.54 Å². The predicted molar refractivity (Wildman–Crippen MR) is 67.1 cm³/mol. The van der Waals surface area contributed by atoms with Gasteiger partial charge in [-0.1, -0.05) is 17.7 Å². The van der Waals surface area contributed by atoms with E-state index in [1.807, 2.05) is 25.1 Å². The molecule has 2 N–H and O–H groups in total. The van der Waals surface area contributed by atoms with Gasteiger partial charge in [-0.15, -0.1) is 0 Å². The van der Waals surface area contributed by atoms with Crippen LogP contribution in [0.15, 0.2) is 18.2 Å². The van der Waals surface area contributed by atoms with Crippen molar-refractivity contribution in [3.63, 3.8) is 0 Å². The average Bonchev–Trinajstić information content (AvgIpc) is 2.20. The Kier molecular flexibility index (Phi) is 3.41. The van der Waals surface area contributed by atoms with E-state index in [1.54, 1.807) is 0 Å². The maximum Gasteiger partial charge on any atom is 0.124 e. The first-order chi connectivity index (χ1) is 7.65. The molecule has 1 aromatic rings. The first kappa shape index (κ1) is 11.7. The van der Waals surface area contributed by atoms with Gasteiger partial charge in [0.1, 0.15) is 11.4 Å². The average molecular weight is 240 g/mol. The van der Waals surface area contributed by atoms with Crippen molar-refractivity contribution in [1.82, 2.24) is 0 Å². The maximum absolute atomic E-state index is 6.13. The van der Waals surface area contributed by atoms with Crippen LogP contribution in [0.2, 0.25) is 5.02 Å². The fourth-order valence-corrected chi connectivity index (χ4v) is 2.32. The van der Waals surface area contributed by atoms with Crippen molar-refractivity contribution in [2.75, 3.05) is 6.54 Å². The summed E-state index contributed by atoms with van der Waals surface area (Å²) in [5.74, 6) is 0.903. The molecule has 0 saturated heterocycles. The molecule has 1 saturated carbocycles. The summed E-state index contributed by atoms with van der Waals surface area (Å²) in [5.41, 5.74) is 6.75. The second kappa shape index (κ2) is 4.64. The molecule has 0 unspecified atom stereocenters. The van der Waals surface area contributed by atoms with E-state index in [1.165, 1.54) is 6.42 Å². The lowest BCUT2D eigenvalue weighted by atomic mass is 9.77. The molecular weight excluding hydrogens is 222 g/mol. The summed E-state index contributed by atoms with van der Waals surface area (Å²) in [6, 6.07) is 5.78. The van der Waals surface area contributed by atoms with Gasteiger partial charge in [-0.05, 0) is 56.8 Å². The highest BCUT2D eigenvalue weighted by Gasteiger charge is 2.38. The molecule has 2 nitrogen and oxygen atoms in total. The molecule has 3 heteroatoms. The summed E-state index contributed by atoms with van der Waals surface area (Å²) >= 11 is 5.98. The Bertz CT molecular complexity index is 374. The van der Waals surface area contributed by atoms with Crippen LogP contribution in [0.25, 0.3) is 0 Å². The molecule has 0 radical (unpaired) electrons. The van der Waals surface area contributed by atoms with Gasteiger partial charge in [0.25, 0.3) is 0 Å². The molecule has 0 heterocycles. The second-order valence-electron chi connectivity index (χ2n) is 4.59. The number of halogens is 1. The molecule has 0 spiro atoms. The van der Waals surface area contributed by atoms with E-state index >= 15 is 0 Å². The van der Waals surface area contributed by atoms with Gasteiger partial charge < -0.3 is 10.5 Å². The van der Waals surface area contributed by atoms with Crippen molar-refractivity contribution in [2.45, 2.75) is 38.2 Å². The van der Waals surface area contributed by atoms with Gasteiger partial charge in [0.15, 0.2) is 0 Å². The van der Waals surface area contributed by atoms with Crippen LogP contribution in [0, 0.1) is 6.92 Å². The lowest BCUT2D eigenvalue weighted by Crippen LogP contribution is -2.44. The maximum atomic E-state index is 6.13. The summed E-state index contributed by atoms with van der Waals surface area (Å²) in [7, 11) is 0. The Hall–Kier alpha value is -0.730. The van der Waals surface area contributed by atoms with Crippen molar-refractivity contribution in [3.8, 4) is 5.75 Å². The zero-order valence-corrected chi connectivity index (χ0v) is 10.4. The third kappa shape index (κ3) is 2.33. The quantitative estimate of drug-likeness (QED) is 0.875. The molecule has 0 aromatic heterocycles. The largest absolute Gasteiger partial charge is 0.487 e. The highest BCUT2D eigenvalue weighted by atomic mass is 35.5. The summed E-state index contributed by atoms with van der Waals surface area (Å²) in [4.78, 5) is 0. The van der Waals surface area contributed by atoms with Crippen LogP contribution < -0.4 is 10.5 Å². The van der Waals surface area contributed by atoms with Crippen LogP contribution in [0.3, 0.4) is 0 Å². The van der Waals surface area contributed by atoms with Crippen molar-refractivity contribution in [1.29, 1.82) is 0 Å². The zero-order valence-electron chi connectivity index (χ0n) is 9.63. The van der Waals surface area contributed by atoms with E-state index in [4.69, 9.17) is 22.1 Å². The SMILES string of the molecule is Cc1ccc(Cl)cc1OC1(CCN)CCC1. The minimum absolute atomic E-state index is 0.0236. The third-order valence-electron chi connectivity index (χ3n) is 3.34. The van der Waals surface area contributed by atoms with Gasteiger partial charge in [0.2, 0.25) is 0 Å². The van der Waals surface area contributed by atoms with E-state index in [0.717, 1.165) is 35.6 Å². The summed E-state index contributed by atoms with van der Waals surface area (Å²) in [6.45, 7) is 2.72. The molecular formula is C13H18ClNO. The second-order valence-corrected chi connectivity index (χ2v) is 5.02. The van der Waals surface area contributed by atoms with Crippen molar-refractivity contribution >= 4 is 11.6 Å². The number of ether oxygens (including phenoxy) is 1. The lowest BCUT2D eigenvalue weighted by Gasteiger charge is -2.42. The smallest absolute Gasteiger partial charge is 0.124 e. The Morgan fingerprint density at radius 3 is 2.75 bits per heavy atom. The van der Waals surface area contributed by atoms with Crippen LogP contribution >= 0.6 is 11.6 Å². The molecule has 1 aliphatic carbocycles. The molecule has 0 bridgehead atoms. The highest BCUT2D eigenvalue weighted by Crippen LogP contribution is 2.40. The minimum Gasteiger partial charge on any atom is -0.487 e. The van der Waals surface area contributed by atoms with Crippen LogP contribution in [-0.2, 0) is 0 Å². The molecule has 0 atom stereocenters. The fourth-order valence-electron chi connectivity index (χ4n) is 2.15. The van der Waals surface area contributed by atoms with Gasteiger partial charge in [-0.3, -0.25) is 0 Å². The summed E-state index contributed by atoms with van der Waals surface area (Å²) < 4.78 is 6.13. The number of hydrogen-bond acceptors (Lipinski definition) is 2.